The summed E-state index contributed by atoms with van der Waals surface area (Å²) in [5.41, 5.74) is 0.933. The van der Waals surface area contributed by atoms with E-state index in [0.717, 1.165) is 17.3 Å². The quantitative estimate of drug-likeness (QED) is 0.799. The van der Waals surface area contributed by atoms with Crippen molar-refractivity contribution >= 4 is 29.3 Å². The Labute approximate surface area is 169 Å². The minimum atomic E-state index is -0.0976. The number of piperidine rings is 1. The van der Waals surface area contributed by atoms with Crippen LogP contribution in [0.25, 0.3) is 0 Å². The molecule has 2 aliphatic rings. The van der Waals surface area contributed by atoms with Crippen molar-refractivity contribution in [3.05, 3.63) is 36.0 Å². The smallest absolute Gasteiger partial charge is 0.227 e. The largest absolute Gasteiger partial charge is 0.355 e. The number of anilines is 3. The number of hydrogen-bond donors (Lipinski definition) is 2. The Morgan fingerprint density at radius 2 is 1.93 bits per heavy atom. The van der Waals surface area contributed by atoms with Gasteiger partial charge in [-0.2, -0.15) is 0 Å². The molecule has 2 saturated heterocycles. The molecule has 1 unspecified atom stereocenters. The maximum absolute atomic E-state index is 12.7. The average Bonchev–Trinajstić information content (AvgIpc) is 2.75. The molecule has 4 heterocycles. The number of nitrogens with zero attached hydrogens (tertiary/aromatic N) is 5. The Kier molecular flexibility index (Phi) is 5.55. The van der Waals surface area contributed by atoms with Crippen LogP contribution in [0.2, 0.25) is 0 Å². The minimum Gasteiger partial charge on any atom is -0.355 e. The van der Waals surface area contributed by atoms with Crippen LogP contribution in [0.15, 0.2) is 30.3 Å². The highest BCUT2D eigenvalue weighted by atomic mass is 16.2. The first kappa shape index (κ1) is 19.1. The number of rotatable bonds is 4. The highest BCUT2D eigenvalue weighted by Gasteiger charge is 2.30. The van der Waals surface area contributed by atoms with Gasteiger partial charge in [0.05, 0.1) is 5.92 Å². The molecular formula is C20H25N7O2. The van der Waals surface area contributed by atoms with Crippen LogP contribution in [0, 0.1) is 12.8 Å². The number of nitrogens with one attached hydrogen (secondary N) is 2. The lowest BCUT2D eigenvalue weighted by molar-refractivity contribution is -0.137. The molecule has 4 rings (SSSR count). The van der Waals surface area contributed by atoms with Crippen molar-refractivity contribution < 1.29 is 9.59 Å². The van der Waals surface area contributed by atoms with E-state index in [-0.39, 0.29) is 17.7 Å². The maximum atomic E-state index is 12.7. The Hall–Kier alpha value is -3.23. The second-order valence-electron chi connectivity index (χ2n) is 7.42. The molecule has 2 amide bonds. The van der Waals surface area contributed by atoms with Crippen molar-refractivity contribution in [1.82, 2.24) is 25.4 Å². The van der Waals surface area contributed by atoms with Gasteiger partial charge in [-0.15, -0.1) is 10.2 Å². The maximum Gasteiger partial charge on any atom is 0.227 e. The Morgan fingerprint density at radius 3 is 2.59 bits per heavy atom. The molecule has 2 aromatic rings. The van der Waals surface area contributed by atoms with Crippen molar-refractivity contribution in [2.75, 3.05) is 42.9 Å². The first-order valence-corrected chi connectivity index (χ1v) is 9.93. The molecule has 0 saturated carbocycles. The third-order valence-corrected chi connectivity index (χ3v) is 5.33. The minimum absolute atomic E-state index is 0.0357. The van der Waals surface area contributed by atoms with Gasteiger partial charge in [-0.05, 0) is 37.6 Å². The van der Waals surface area contributed by atoms with E-state index in [9.17, 15) is 9.59 Å². The van der Waals surface area contributed by atoms with Crippen LogP contribution in [-0.4, -0.2) is 64.6 Å². The molecule has 1 atom stereocenters. The van der Waals surface area contributed by atoms with E-state index >= 15 is 0 Å². The highest BCUT2D eigenvalue weighted by molar-refractivity contribution is 5.84. The number of aryl methyl sites for hydroxylation is 1. The summed E-state index contributed by atoms with van der Waals surface area (Å²) in [4.78, 5) is 32.4. The van der Waals surface area contributed by atoms with Crippen LogP contribution < -0.4 is 15.5 Å². The lowest BCUT2D eigenvalue weighted by atomic mass is 9.97. The number of aromatic nitrogens is 3. The van der Waals surface area contributed by atoms with E-state index < -0.39 is 0 Å². The number of piperazine rings is 1. The second-order valence-corrected chi connectivity index (χ2v) is 7.42. The molecule has 0 aliphatic carbocycles. The summed E-state index contributed by atoms with van der Waals surface area (Å²) < 4.78 is 0. The topological polar surface area (TPSA) is 103 Å². The fraction of sp³-hybridized carbons (Fsp3) is 0.450. The van der Waals surface area contributed by atoms with Gasteiger partial charge < -0.3 is 20.4 Å². The Balaban J connectivity index is 1.30. The lowest BCUT2D eigenvalue weighted by Crippen LogP contribution is -2.52. The van der Waals surface area contributed by atoms with Crippen LogP contribution in [0.4, 0.5) is 17.5 Å². The zero-order chi connectivity index (χ0) is 20.2. The molecule has 0 aromatic carbocycles. The van der Waals surface area contributed by atoms with Crippen molar-refractivity contribution in [2.45, 2.75) is 19.8 Å². The number of amides is 2. The van der Waals surface area contributed by atoms with Crippen molar-refractivity contribution in [1.29, 1.82) is 0 Å². The highest BCUT2D eigenvalue weighted by Crippen LogP contribution is 2.19. The van der Waals surface area contributed by atoms with E-state index in [0.29, 0.717) is 51.4 Å². The summed E-state index contributed by atoms with van der Waals surface area (Å²) >= 11 is 0. The first-order chi connectivity index (χ1) is 14.1. The van der Waals surface area contributed by atoms with Crippen LogP contribution in [0.5, 0.6) is 0 Å². The predicted molar refractivity (Wildman–Crippen MR) is 109 cm³/mol. The van der Waals surface area contributed by atoms with Crippen LogP contribution in [-0.2, 0) is 9.59 Å². The average molecular weight is 395 g/mol. The van der Waals surface area contributed by atoms with Crippen molar-refractivity contribution in [3.63, 3.8) is 0 Å². The summed E-state index contributed by atoms with van der Waals surface area (Å²) in [5.74, 6) is 2.25. The molecule has 2 aliphatic heterocycles. The Bertz CT molecular complexity index is 869. The molecule has 0 spiro atoms. The van der Waals surface area contributed by atoms with E-state index in [1.54, 1.807) is 0 Å². The van der Waals surface area contributed by atoms with Gasteiger partial charge in [-0.3, -0.25) is 9.59 Å². The first-order valence-electron chi connectivity index (χ1n) is 9.93. The molecule has 9 heteroatoms. The molecule has 2 fully saturated rings. The fourth-order valence-corrected chi connectivity index (χ4v) is 3.66. The second kappa shape index (κ2) is 8.42. The van der Waals surface area contributed by atoms with Gasteiger partial charge in [0.2, 0.25) is 11.8 Å². The number of carbonyl (C=O) groups excluding carboxylic acids is 2. The summed E-state index contributed by atoms with van der Waals surface area (Å²) in [7, 11) is 0. The van der Waals surface area contributed by atoms with Crippen LogP contribution >= 0.6 is 0 Å². The predicted octanol–water partition coefficient (Wildman–Crippen LogP) is 1.10. The van der Waals surface area contributed by atoms with Crippen LogP contribution in [0.3, 0.4) is 0 Å². The van der Waals surface area contributed by atoms with Gasteiger partial charge in [0, 0.05) is 44.8 Å². The van der Waals surface area contributed by atoms with Gasteiger partial charge >= 0.3 is 0 Å². The standard InChI is InChI=1S/C20H25N7O2/c1-14-3-2-4-16(22-14)23-17-6-7-18(25-24-17)26-9-11-27(12-10-26)20(29)15-5-8-19(28)21-13-15/h2-4,6-7,15H,5,8-13H2,1H3,(H,21,28)(H,22,23,24). The van der Waals surface area contributed by atoms with E-state index in [4.69, 9.17) is 0 Å². The SMILES string of the molecule is Cc1cccc(Nc2ccc(N3CCN(C(=O)C4CCC(=O)NC4)CC3)nn2)n1. The number of carbonyl (C=O) groups is 2. The fourth-order valence-electron chi connectivity index (χ4n) is 3.66. The summed E-state index contributed by atoms with van der Waals surface area (Å²) in [5, 5.41) is 14.5. The van der Waals surface area contributed by atoms with Crippen LogP contribution in [0.1, 0.15) is 18.5 Å². The third-order valence-electron chi connectivity index (χ3n) is 5.33. The number of pyridine rings is 1. The monoisotopic (exact) mass is 395 g/mol. The zero-order valence-electron chi connectivity index (χ0n) is 16.5. The summed E-state index contributed by atoms with van der Waals surface area (Å²) in [6, 6.07) is 9.58. The van der Waals surface area contributed by atoms with Gasteiger partial charge in [-0.25, -0.2) is 4.98 Å². The van der Waals surface area contributed by atoms with E-state index in [2.05, 4.69) is 30.7 Å². The molecule has 2 aromatic heterocycles. The van der Waals surface area contributed by atoms with Gasteiger partial charge in [0.15, 0.2) is 11.6 Å². The molecule has 29 heavy (non-hydrogen) atoms. The van der Waals surface area contributed by atoms with Gasteiger partial charge in [0.25, 0.3) is 0 Å². The lowest BCUT2D eigenvalue weighted by Gasteiger charge is -2.37. The molecule has 9 nitrogen and oxygen atoms in total. The molecule has 0 radical (unpaired) electrons. The Morgan fingerprint density at radius 1 is 1.10 bits per heavy atom. The van der Waals surface area contributed by atoms with Gasteiger partial charge in [0.1, 0.15) is 5.82 Å². The molecule has 152 valence electrons. The molecule has 0 bridgehead atoms. The molecule has 2 N–H and O–H groups in total. The van der Waals surface area contributed by atoms with Gasteiger partial charge in [-0.1, -0.05) is 6.07 Å². The van der Waals surface area contributed by atoms with E-state index in [1.165, 1.54) is 0 Å². The molecular weight excluding hydrogens is 370 g/mol. The summed E-state index contributed by atoms with van der Waals surface area (Å²) in [6.45, 7) is 5.12. The van der Waals surface area contributed by atoms with Crippen molar-refractivity contribution in [3.8, 4) is 0 Å². The third kappa shape index (κ3) is 4.61. The zero-order valence-corrected chi connectivity index (χ0v) is 16.5. The van der Waals surface area contributed by atoms with Crippen molar-refractivity contribution in [2.24, 2.45) is 5.92 Å². The number of hydrogen-bond acceptors (Lipinski definition) is 7. The normalized spacial score (nSPS) is 19.6. The summed E-state index contributed by atoms with van der Waals surface area (Å²) in [6.07, 6.45) is 1.07. The van der Waals surface area contributed by atoms with E-state index in [1.807, 2.05) is 42.2 Å².